The Labute approximate surface area is 203 Å². The van der Waals surface area contributed by atoms with E-state index in [-0.39, 0.29) is 35.9 Å². The Morgan fingerprint density at radius 3 is 2.74 bits per heavy atom. The number of benzene rings is 1. The second-order valence-corrected chi connectivity index (χ2v) is 8.16. The predicted octanol–water partition coefficient (Wildman–Crippen LogP) is 3.18. The fraction of sp³-hybridized carbons (Fsp3) is 0.652. The Morgan fingerprint density at radius 2 is 2.00 bits per heavy atom. The third kappa shape index (κ3) is 8.14. The van der Waals surface area contributed by atoms with Crippen LogP contribution in [0.5, 0.6) is 5.75 Å². The van der Waals surface area contributed by atoms with E-state index in [1.807, 2.05) is 23.1 Å². The summed E-state index contributed by atoms with van der Waals surface area (Å²) in [5.74, 6) is 2.19. The van der Waals surface area contributed by atoms with E-state index in [9.17, 15) is 4.79 Å². The van der Waals surface area contributed by atoms with Crippen molar-refractivity contribution in [3.05, 3.63) is 29.8 Å². The van der Waals surface area contributed by atoms with Crippen LogP contribution in [0, 0.1) is 5.92 Å². The monoisotopic (exact) mass is 544 g/mol. The number of rotatable bonds is 8. The van der Waals surface area contributed by atoms with E-state index in [0.717, 1.165) is 49.6 Å². The molecule has 0 aromatic heterocycles. The van der Waals surface area contributed by atoms with Gasteiger partial charge in [0.2, 0.25) is 5.91 Å². The van der Waals surface area contributed by atoms with Gasteiger partial charge in [0.25, 0.3) is 0 Å². The first-order valence-corrected chi connectivity index (χ1v) is 11.2. The first-order valence-electron chi connectivity index (χ1n) is 11.2. The van der Waals surface area contributed by atoms with E-state index in [0.29, 0.717) is 25.7 Å². The SMILES string of the molecule is CN=C(NCc1cccc(OCCOC)c1)NC1CCN(C(=O)C2CCCCC2)C1.I. The van der Waals surface area contributed by atoms with Crippen LogP contribution in [-0.2, 0) is 16.1 Å². The maximum Gasteiger partial charge on any atom is 0.225 e. The van der Waals surface area contributed by atoms with Crippen LogP contribution < -0.4 is 15.4 Å². The normalized spacial score (nSPS) is 19.6. The number of methoxy groups -OCH3 is 1. The topological polar surface area (TPSA) is 75.2 Å². The quantitative estimate of drug-likeness (QED) is 0.228. The number of guanidine groups is 1. The number of carbonyl (C=O) groups is 1. The molecule has 2 fully saturated rings. The van der Waals surface area contributed by atoms with Gasteiger partial charge in [0.15, 0.2) is 5.96 Å². The summed E-state index contributed by atoms with van der Waals surface area (Å²) in [6.07, 6.45) is 6.75. The van der Waals surface area contributed by atoms with Gasteiger partial charge in [-0.25, -0.2) is 0 Å². The van der Waals surface area contributed by atoms with Gasteiger partial charge < -0.3 is 25.0 Å². The Bertz CT molecular complexity index is 710. The smallest absolute Gasteiger partial charge is 0.225 e. The average Bonchev–Trinajstić information content (AvgIpc) is 3.25. The molecule has 8 heteroatoms. The second-order valence-electron chi connectivity index (χ2n) is 8.16. The zero-order chi connectivity index (χ0) is 21.2. The number of hydrogen-bond acceptors (Lipinski definition) is 4. The van der Waals surface area contributed by atoms with Gasteiger partial charge in [-0.3, -0.25) is 9.79 Å². The maximum absolute atomic E-state index is 12.8. The fourth-order valence-corrected chi connectivity index (χ4v) is 4.25. The molecule has 31 heavy (non-hydrogen) atoms. The summed E-state index contributed by atoms with van der Waals surface area (Å²) in [5, 5.41) is 6.85. The standard InChI is InChI=1S/C23H36N4O3.HI/c1-24-23(25-16-18-7-6-10-21(15-18)30-14-13-29-2)26-20-11-12-27(17-20)22(28)19-8-4-3-5-9-19;/h6-7,10,15,19-20H,3-5,8-9,11-14,16-17H2,1-2H3,(H2,24,25,26);1H. The summed E-state index contributed by atoms with van der Waals surface area (Å²) in [4.78, 5) is 19.2. The molecule has 1 unspecified atom stereocenters. The number of ether oxygens (including phenoxy) is 2. The molecule has 174 valence electrons. The highest BCUT2D eigenvalue weighted by molar-refractivity contribution is 14.0. The fourth-order valence-electron chi connectivity index (χ4n) is 4.25. The van der Waals surface area contributed by atoms with E-state index >= 15 is 0 Å². The van der Waals surface area contributed by atoms with Crippen LogP contribution in [0.3, 0.4) is 0 Å². The van der Waals surface area contributed by atoms with Crippen molar-refractivity contribution in [3.63, 3.8) is 0 Å². The molecule has 1 aromatic carbocycles. The minimum absolute atomic E-state index is 0. The highest BCUT2D eigenvalue weighted by atomic mass is 127. The molecule has 3 rings (SSSR count). The van der Waals surface area contributed by atoms with Crippen molar-refractivity contribution in [2.45, 2.75) is 51.1 Å². The summed E-state index contributed by atoms with van der Waals surface area (Å²) in [5.41, 5.74) is 1.12. The summed E-state index contributed by atoms with van der Waals surface area (Å²) >= 11 is 0. The molecule has 1 amide bonds. The van der Waals surface area contributed by atoms with Crippen molar-refractivity contribution in [2.75, 3.05) is 40.5 Å². The van der Waals surface area contributed by atoms with E-state index < -0.39 is 0 Å². The molecular formula is C23H37IN4O3. The van der Waals surface area contributed by atoms with Gasteiger partial charge in [-0.2, -0.15) is 0 Å². The minimum atomic E-state index is 0. The lowest BCUT2D eigenvalue weighted by atomic mass is 9.88. The largest absolute Gasteiger partial charge is 0.491 e. The van der Waals surface area contributed by atoms with Crippen LogP contribution in [0.2, 0.25) is 0 Å². The maximum atomic E-state index is 12.8. The van der Waals surface area contributed by atoms with Gasteiger partial charge in [0.1, 0.15) is 12.4 Å². The van der Waals surface area contributed by atoms with Crippen molar-refractivity contribution < 1.29 is 14.3 Å². The first-order chi connectivity index (χ1) is 14.7. The van der Waals surface area contributed by atoms with Gasteiger partial charge >= 0.3 is 0 Å². The van der Waals surface area contributed by atoms with Crippen LogP contribution in [0.15, 0.2) is 29.3 Å². The van der Waals surface area contributed by atoms with Crippen molar-refractivity contribution in [3.8, 4) is 5.75 Å². The lowest BCUT2D eigenvalue weighted by Crippen LogP contribution is -2.45. The third-order valence-electron chi connectivity index (χ3n) is 5.93. The summed E-state index contributed by atoms with van der Waals surface area (Å²) < 4.78 is 10.7. The minimum Gasteiger partial charge on any atom is -0.491 e. The van der Waals surface area contributed by atoms with Gasteiger partial charge in [0, 0.05) is 45.8 Å². The van der Waals surface area contributed by atoms with Crippen molar-refractivity contribution >= 4 is 35.8 Å². The Hall–Kier alpha value is -1.55. The van der Waals surface area contributed by atoms with E-state index in [1.54, 1.807) is 14.2 Å². The van der Waals surface area contributed by atoms with Gasteiger partial charge in [-0.1, -0.05) is 31.4 Å². The molecule has 1 atom stereocenters. The Kier molecular flexibility index (Phi) is 11.4. The summed E-state index contributed by atoms with van der Waals surface area (Å²) in [6.45, 7) is 3.36. The number of nitrogens with zero attached hydrogens (tertiary/aromatic N) is 2. The highest BCUT2D eigenvalue weighted by Crippen LogP contribution is 2.26. The van der Waals surface area contributed by atoms with E-state index in [1.165, 1.54) is 19.3 Å². The second kappa shape index (κ2) is 13.8. The van der Waals surface area contributed by atoms with Gasteiger partial charge in [0.05, 0.1) is 6.61 Å². The number of aliphatic imine (C=N–C) groups is 1. The van der Waals surface area contributed by atoms with Crippen LogP contribution in [0.1, 0.15) is 44.1 Å². The number of hydrogen-bond donors (Lipinski definition) is 2. The van der Waals surface area contributed by atoms with E-state index in [2.05, 4.69) is 21.7 Å². The van der Waals surface area contributed by atoms with Crippen LogP contribution in [0.4, 0.5) is 0 Å². The molecular weight excluding hydrogens is 507 g/mol. The molecule has 0 bridgehead atoms. The van der Waals surface area contributed by atoms with Crippen molar-refractivity contribution in [1.29, 1.82) is 0 Å². The molecule has 0 spiro atoms. The lowest BCUT2D eigenvalue weighted by Gasteiger charge is -2.26. The lowest BCUT2D eigenvalue weighted by molar-refractivity contribution is -0.135. The molecule has 1 saturated carbocycles. The zero-order valence-corrected chi connectivity index (χ0v) is 21.1. The molecule has 1 aliphatic carbocycles. The summed E-state index contributed by atoms with van der Waals surface area (Å²) in [6, 6.07) is 8.26. The van der Waals surface area contributed by atoms with Crippen LogP contribution in [-0.4, -0.2) is 63.3 Å². The van der Waals surface area contributed by atoms with E-state index in [4.69, 9.17) is 9.47 Å². The molecule has 2 aliphatic rings. The molecule has 1 saturated heterocycles. The number of halogens is 1. The molecule has 1 aliphatic heterocycles. The number of amides is 1. The molecule has 1 heterocycles. The Morgan fingerprint density at radius 1 is 1.19 bits per heavy atom. The number of carbonyl (C=O) groups excluding carboxylic acids is 1. The average molecular weight is 544 g/mol. The van der Waals surface area contributed by atoms with Crippen LogP contribution >= 0.6 is 24.0 Å². The van der Waals surface area contributed by atoms with Crippen LogP contribution in [0.25, 0.3) is 0 Å². The summed E-state index contributed by atoms with van der Waals surface area (Å²) in [7, 11) is 3.44. The van der Waals surface area contributed by atoms with Gasteiger partial charge in [-0.05, 0) is 37.0 Å². The first kappa shape index (κ1) is 25.7. The Balaban J connectivity index is 0.00000341. The molecule has 1 aromatic rings. The predicted molar refractivity (Wildman–Crippen MR) is 134 cm³/mol. The molecule has 7 nitrogen and oxygen atoms in total. The zero-order valence-electron chi connectivity index (χ0n) is 18.8. The van der Waals surface area contributed by atoms with Crippen molar-refractivity contribution in [2.24, 2.45) is 10.9 Å². The van der Waals surface area contributed by atoms with Crippen molar-refractivity contribution in [1.82, 2.24) is 15.5 Å². The molecule has 2 N–H and O–H groups in total. The number of nitrogens with one attached hydrogen (secondary N) is 2. The third-order valence-corrected chi connectivity index (χ3v) is 5.93. The highest BCUT2D eigenvalue weighted by Gasteiger charge is 2.31. The van der Waals surface area contributed by atoms with Gasteiger partial charge in [-0.15, -0.1) is 24.0 Å². The molecule has 0 radical (unpaired) electrons. The number of likely N-dealkylation sites (tertiary alicyclic amines) is 1.